The third kappa shape index (κ3) is 5.30. The second-order valence-electron chi connectivity index (χ2n) is 6.58. The van der Waals surface area contributed by atoms with Crippen molar-refractivity contribution >= 4 is 29.1 Å². The van der Waals surface area contributed by atoms with E-state index in [-0.39, 0.29) is 22.5 Å². The zero-order chi connectivity index (χ0) is 19.3. The molecule has 2 aromatic carbocycles. The number of hydrogen-bond donors (Lipinski definition) is 2. The van der Waals surface area contributed by atoms with Crippen molar-refractivity contribution in [2.24, 2.45) is 5.92 Å². The molecule has 138 valence electrons. The van der Waals surface area contributed by atoms with Crippen LogP contribution in [-0.4, -0.2) is 17.9 Å². The summed E-state index contributed by atoms with van der Waals surface area (Å²) < 4.78 is 13.9. The molecule has 1 atom stereocenters. The molecular weight excluding hydrogens is 355 g/mol. The fraction of sp³-hybridized carbons (Fsp3) is 0.300. The summed E-state index contributed by atoms with van der Waals surface area (Å²) in [5, 5.41) is 5.53. The first-order valence-corrected chi connectivity index (χ1v) is 8.78. The summed E-state index contributed by atoms with van der Waals surface area (Å²) in [6.07, 6.45) is 0.429. The first kappa shape index (κ1) is 19.9. The van der Waals surface area contributed by atoms with Crippen molar-refractivity contribution in [3.8, 4) is 0 Å². The maximum atomic E-state index is 13.9. The van der Waals surface area contributed by atoms with Gasteiger partial charge in [0, 0.05) is 10.6 Å². The topological polar surface area (TPSA) is 58.2 Å². The number of amides is 2. The largest absolute Gasteiger partial charge is 0.340 e. The van der Waals surface area contributed by atoms with Gasteiger partial charge < -0.3 is 10.6 Å². The van der Waals surface area contributed by atoms with Crippen molar-refractivity contribution in [3.05, 3.63) is 64.4 Å². The molecule has 0 aromatic heterocycles. The van der Waals surface area contributed by atoms with E-state index in [1.165, 1.54) is 12.1 Å². The first-order chi connectivity index (χ1) is 12.3. The molecule has 2 aromatic rings. The van der Waals surface area contributed by atoms with Crippen LogP contribution in [0.5, 0.6) is 0 Å². The van der Waals surface area contributed by atoms with Crippen LogP contribution < -0.4 is 10.6 Å². The normalized spacial score (nSPS) is 11.9. The molecule has 0 aliphatic rings. The highest BCUT2D eigenvalue weighted by molar-refractivity contribution is 6.30. The van der Waals surface area contributed by atoms with Crippen molar-refractivity contribution in [2.45, 2.75) is 33.2 Å². The molecule has 0 saturated heterocycles. The fourth-order valence-corrected chi connectivity index (χ4v) is 2.74. The molecule has 0 aliphatic carbocycles. The summed E-state index contributed by atoms with van der Waals surface area (Å²) in [6.45, 7) is 5.72. The van der Waals surface area contributed by atoms with E-state index in [4.69, 9.17) is 11.6 Å². The lowest BCUT2D eigenvalue weighted by molar-refractivity contribution is -0.118. The predicted molar refractivity (Wildman–Crippen MR) is 102 cm³/mol. The third-order valence-corrected chi connectivity index (χ3v) is 4.14. The van der Waals surface area contributed by atoms with E-state index >= 15 is 0 Å². The van der Waals surface area contributed by atoms with Crippen LogP contribution in [0.15, 0.2) is 42.5 Å². The van der Waals surface area contributed by atoms with Crippen molar-refractivity contribution in [2.75, 3.05) is 5.32 Å². The average molecular weight is 377 g/mol. The molecule has 1 unspecified atom stereocenters. The number of nitrogens with one attached hydrogen (secondary N) is 2. The molecule has 0 heterocycles. The van der Waals surface area contributed by atoms with Crippen LogP contribution >= 0.6 is 11.6 Å². The number of halogens is 2. The molecule has 2 rings (SSSR count). The van der Waals surface area contributed by atoms with Gasteiger partial charge in [-0.2, -0.15) is 0 Å². The monoisotopic (exact) mass is 376 g/mol. The maximum absolute atomic E-state index is 13.9. The van der Waals surface area contributed by atoms with Crippen LogP contribution in [0, 0.1) is 18.7 Å². The number of aryl methyl sites for hydroxylation is 1. The minimum Gasteiger partial charge on any atom is -0.340 e. The summed E-state index contributed by atoms with van der Waals surface area (Å²) in [6, 6.07) is 10.4. The Morgan fingerprint density at radius 3 is 2.46 bits per heavy atom. The van der Waals surface area contributed by atoms with Crippen LogP contribution in [0.25, 0.3) is 0 Å². The molecule has 2 N–H and O–H groups in total. The highest BCUT2D eigenvalue weighted by atomic mass is 35.5. The summed E-state index contributed by atoms with van der Waals surface area (Å²) in [4.78, 5) is 25.2. The van der Waals surface area contributed by atoms with Gasteiger partial charge >= 0.3 is 0 Å². The standard InChI is InChI=1S/C20H22ClFN2O2/c1-12(2)10-18(24-19(25)15-7-5-4-6-13(15)3)20(26)23-17-9-8-14(21)11-16(17)22/h4-9,11-12,18H,10H2,1-3H3,(H,23,26)(H,24,25). The minimum atomic E-state index is -0.780. The van der Waals surface area contributed by atoms with Crippen molar-refractivity contribution in [1.82, 2.24) is 5.32 Å². The lowest BCUT2D eigenvalue weighted by Gasteiger charge is -2.21. The van der Waals surface area contributed by atoms with E-state index in [0.717, 1.165) is 11.6 Å². The van der Waals surface area contributed by atoms with Gasteiger partial charge in [0.2, 0.25) is 5.91 Å². The second kappa shape index (κ2) is 8.81. The van der Waals surface area contributed by atoms with Gasteiger partial charge in [-0.05, 0) is 49.1 Å². The van der Waals surface area contributed by atoms with Gasteiger partial charge in [0.15, 0.2) is 0 Å². The van der Waals surface area contributed by atoms with E-state index in [1.54, 1.807) is 12.1 Å². The van der Waals surface area contributed by atoms with Crippen molar-refractivity contribution < 1.29 is 14.0 Å². The fourth-order valence-electron chi connectivity index (χ4n) is 2.58. The van der Waals surface area contributed by atoms with Gasteiger partial charge in [-0.1, -0.05) is 43.6 Å². The van der Waals surface area contributed by atoms with E-state index in [1.807, 2.05) is 32.9 Å². The number of hydrogen-bond acceptors (Lipinski definition) is 2. The Bertz CT molecular complexity index is 808. The van der Waals surface area contributed by atoms with Gasteiger partial charge in [-0.15, -0.1) is 0 Å². The molecule has 0 bridgehead atoms. The Kier molecular flexibility index (Phi) is 6.75. The van der Waals surface area contributed by atoms with Crippen molar-refractivity contribution in [1.29, 1.82) is 0 Å². The Hall–Kier alpha value is -2.40. The van der Waals surface area contributed by atoms with E-state index < -0.39 is 17.8 Å². The molecule has 6 heteroatoms. The highest BCUT2D eigenvalue weighted by Gasteiger charge is 2.24. The van der Waals surface area contributed by atoms with Gasteiger partial charge in [0.05, 0.1) is 5.69 Å². The van der Waals surface area contributed by atoms with Gasteiger partial charge in [0.25, 0.3) is 5.91 Å². The van der Waals surface area contributed by atoms with Crippen LogP contribution in [0.3, 0.4) is 0 Å². The highest BCUT2D eigenvalue weighted by Crippen LogP contribution is 2.20. The number of carbonyl (C=O) groups excluding carboxylic acids is 2. The quantitative estimate of drug-likeness (QED) is 0.775. The molecule has 26 heavy (non-hydrogen) atoms. The van der Waals surface area contributed by atoms with Crippen molar-refractivity contribution in [3.63, 3.8) is 0 Å². The first-order valence-electron chi connectivity index (χ1n) is 8.40. The van der Waals surface area contributed by atoms with Gasteiger partial charge in [-0.25, -0.2) is 4.39 Å². The second-order valence-corrected chi connectivity index (χ2v) is 7.02. The number of rotatable bonds is 6. The summed E-state index contributed by atoms with van der Waals surface area (Å²) in [5.74, 6) is -1.26. The lowest BCUT2D eigenvalue weighted by atomic mass is 10.0. The SMILES string of the molecule is Cc1ccccc1C(=O)NC(CC(C)C)C(=O)Nc1ccc(Cl)cc1F. The Morgan fingerprint density at radius 1 is 1.15 bits per heavy atom. The van der Waals surface area contributed by atoms with Crippen LogP contribution in [0.1, 0.15) is 36.2 Å². The summed E-state index contributed by atoms with van der Waals surface area (Å²) in [5.41, 5.74) is 1.35. The smallest absolute Gasteiger partial charge is 0.252 e. The lowest BCUT2D eigenvalue weighted by Crippen LogP contribution is -2.44. The van der Waals surface area contributed by atoms with Crippen LogP contribution in [0.2, 0.25) is 5.02 Å². The zero-order valence-electron chi connectivity index (χ0n) is 15.0. The molecule has 0 saturated carbocycles. The molecule has 0 fully saturated rings. The Morgan fingerprint density at radius 2 is 1.85 bits per heavy atom. The predicted octanol–water partition coefficient (Wildman–Crippen LogP) is 4.57. The van der Waals surface area contributed by atoms with E-state index in [9.17, 15) is 14.0 Å². The van der Waals surface area contributed by atoms with Gasteiger partial charge in [-0.3, -0.25) is 9.59 Å². The minimum absolute atomic E-state index is 0.0262. The molecule has 0 spiro atoms. The molecule has 2 amide bonds. The Balaban J connectivity index is 2.16. The average Bonchev–Trinajstić information content (AvgIpc) is 2.56. The summed E-state index contributed by atoms with van der Waals surface area (Å²) >= 11 is 5.73. The number of benzene rings is 2. The summed E-state index contributed by atoms with van der Waals surface area (Å²) in [7, 11) is 0. The maximum Gasteiger partial charge on any atom is 0.252 e. The number of carbonyl (C=O) groups is 2. The zero-order valence-corrected chi connectivity index (χ0v) is 15.7. The third-order valence-electron chi connectivity index (χ3n) is 3.91. The molecule has 0 radical (unpaired) electrons. The van der Waals surface area contributed by atoms with Crippen LogP contribution in [0.4, 0.5) is 10.1 Å². The van der Waals surface area contributed by atoms with Crippen LogP contribution in [-0.2, 0) is 4.79 Å². The Labute approximate surface area is 157 Å². The molecule has 4 nitrogen and oxygen atoms in total. The van der Waals surface area contributed by atoms with Gasteiger partial charge in [0.1, 0.15) is 11.9 Å². The van der Waals surface area contributed by atoms with E-state index in [0.29, 0.717) is 12.0 Å². The molecule has 0 aliphatic heterocycles. The van der Waals surface area contributed by atoms with E-state index in [2.05, 4.69) is 10.6 Å². The molecular formula is C20H22ClFN2O2. The number of anilines is 1.